The Morgan fingerprint density at radius 3 is 2.56 bits per heavy atom. The third kappa shape index (κ3) is 3.39. The van der Waals surface area contributed by atoms with Crippen LogP contribution in [0.4, 0.5) is 23.5 Å². The van der Waals surface area contributed by atoms with E-state index in [1.54, 1.807) is 11.0 Å². The van der Waals surface area contributed by atoms with Crippen molar-refractivity contribution in [2.45, 2.75) is 25.6 Å². The van der Waals surface area contributed by atoms with Gasteiger partial charge in [-0.25, -0.2) is 14.4 Å². The Balaban J connectivity index is 1.71. The van der Waals surface area contributed by atoms with Crippen molar-refractivity contribution in [3.8, 4) is 0 Å². The largest absolute Gasteiger partial charge is 0.433 e. The maximum atomic E-state index is 14.9. The number of aryl methyl sites for hydroxylation is 1. The van der Waals surface area contributed by atoms with Gasteiger partial charge < -0.3 is 9.88 Å². The van der Waals surface area contributed by atoms with Gasteiger partial charge >= 0.3 is 6.18 Å². The van der Waals surface area contributed by atoms with E-state index in [0.29, 0.717) is 29.6 Å². The predicted molar refractivity (Wildman–Crippen MR) is 114 cm³/mol. The van der Waals surface area contributed by atoms with E-state index in [1.807, 2.05) is 31.2 Å². The number of nitrogens with zero attached hydrogens (tertiary/aromatic N) is 3. The lowest BCUT2D eigenvalue weighted by atomic mass is 9.92. The first-order chi connectivity index (χ1) is 15.2. The van der Waals surface area contributed by atoms with E-state index >= 15 is 0 Å². The Morgan fingerprint density at radius 2 is 1.84 bits per heavy atom. The summed E-state index contributed by atoms with van der Waals surface area (Å²) in [6, 6.07) is 11.2. The van der Waals surface area contributed by atoms with Gasteiger partial charge in [0.1, 0.15) is 5.69 Å². The van der Waals surface area contributed by atoms with Crippen LogP contribution in [0.5, 0.6) is 0 Å². The fraction of sp³-hybridized carbons (Fsp3) is 0.217. The number of aromatic amines is 1. The molecule has 4 nitrogen and oxygen atoms in total. The van der Waals surface area contributed by atoms with Crippen LogP contribution in [0.2, 0.25) is 5.02 Å². The summed E-state index contributed by atoms with van der Waals surface area (Å²) in [5, 5.41) is 0.434. The number of H-pyrrole nitrogens is 1. The molecule has 164 valence electrons. The molecule has 0 saturated carbocycles. The average molecular weight is 461 g/mol. The molecular weight excluding hydrogens is 444 g/mol. The summed E-state index contributed by atoms with van der Waals surface area (Å²) < 4.78 is 54.8. The molecule has 2 aromatic carbocycles. The summed E-state index contributed by atoms with van der Waals surface area (Å²) in [4.78, 5) is 12.9. The number of halogens is 5. The fourth-order valence-corrected chi connectivity index (χ4v) is 4.43. The van der Waals surface area contributed by atoms with Crippen LogP contribution in [0.3, 0.4) is 0 Å². The molecule has 4 aromatic rings. The number of hydrogen-bond donors (Lipinski definition) is 1. The first-order valence-corrected chi connectivity index (χ1v) is 10.3. The Morgan fingerprint density at radius 1 is 1.09 bits per heavy atom. The lowest BCUT2D eigenvalue weighted by molar-refractivity contribution is -0.141. The standard InChI is InChI=1S/C23H17ClF4N4/c1-12-2-4-13(5-3-12)21-20-14(18-16(30-20)7-6-15(24)19(18)25)9-11-32(21)22-29-10-8-17(31-22)23(26,27)28/h2-8,10,21,30H,9,11H2,1H3. The van der Waals surface area contributed by atoms with E-state index < -0.39 is 23.7 Å². The lowest BCUT2D eigenvalue weighted by Crippen LogP contribution is -2.37. The minimum Gasteiger partial charge on any atom is -0.356 e. The minimum absolute atomic E-state index is 0.0230. The molecule has 1 N–H and O–H groups in total. The molecule has 1 aliphatic heterocycles. The SMILES string of the molecule is Cc1ccc(C2c3[nH]c4ccc(Cl)c(F)c4c3CCN2c2nccc(C(F)(F)F)n2)cc1. The first kappa shape index (κ1) is 20.8. The Labute approximate surface area is 185 Å². The molecule has 9 heteroatoms. The van der Waals surface area contributed by atoms with Crippen molar-refractivity contribution in [1.82, 2.24) is 15.0 Å². The predicted octanol–water partition coefficient (Wildman–Crippen LogP) is 6.23. The number of aromatic nitrogens is 3. The van der Waals surface area contributed by atoms with Crippen LogP contribution in [0.1, 0.15) is 34.1 Å². The van der Waals surface area contributed by atoms with Gasteiger partial charge in [0.05, 0.1) is 11.1 Å². The number of nitrogens with one attached hydrogen (secondary N) is 1. The van der Waals surface area contributed by atoms with E-state index in [-0.39, 0.29) is 11.0 Å². The number of benzene rings is 2. The van der Waals surface area contributed by atoms with Crippen molar-refractivity contribution in [1.29, 1.82) is 0 Å². The van der Waals surface area contributed by atoms with Gasteiger partial charge in [0.25, 0.3) is 0 Å². The van der Waals surface area contributed by atoms with E-state index in [2.05, 4.69) is 15.0 Å². The van der Waals surface area contributed by atoms with E-state index in [9.17, 15) is 17.6 Å². The monoisotopic (exact) mass is 460 g/mol. The molecule has 0 spiro atoms. The van der Waals surface area contributed by atoms with Crippen LogP contribution in [0.15, 0.2) is 48.7 Å². The number of rotatable bonds is 2. The lowest BCUT2D eigenvalue weighted by Gasteiger charge is -2.36. The molecule has 2 aromatic heterocycles. The zero-order chi connectivity index (χ0) is 22.6. The van der Waals surface area contributed by atoms with Crippen molar-refractivity contribution in [3.63, 3.8) is 0 Å². The molecule has 1 aliphatic rings. The maximum Gasteiger partial charge on any atom is 0.433 e. The zero-order valence-electron chi connectivity index (χ0n) is 16.8. The molecule has 0 amide bonds. The van der Waals surface area contributed by atoms with Gasteiger partial charge in [0, 0.05) is 29.3 Å². The van der Waals surface area contributed by atoms with Crippen LogP contribution in [-0.4, -0.2) is 21.5 Å². The van der Waals surface area contributed by atoms with Crippen LogP contribution >= 0.6 is 11.6 Å². The molecule has 5 rings (SSSR count). The molecule has 1 unspecified atom stereocenters. The van der Waals surface area contributed by atoms with E-state index in [0.717, 1.165) is 29.0 Å². The normalized spacial score (nSPS) is 16.4. The second-order valence-corrected chi connectivity index (χ2v) is 8.20. The van der Waals surface area contributed by atoms with Gasteiger partial charge in [-0.3, -0.25) is 0 Å². The molecule has 0 bridgehead atoms. The van der Waals surface area contributed by atoms with E-state index in [4.69, 9.17) is 11.6 Å². The smallest absolute Gasteiger partial charge is 0.356 e. The number of alkyl halides is 3. The van der Waals surface area contributed by atoms with Crippen molar-refractivity contribution in [2.24, 2.45) is 0 Å². The quantitative estimate of drug-likeness (QED) is 0.361. The first-order valence-electron chi connectivity index (χ1n) is 9.96. The van der Waals surface area contributed by atoms with Gasteiger partial charge in [0.15, 0.2) is 5.82 Å². The Kier molecular flexibility index (Phi) is 4.85. The number of fused-ring (bicyclic) bond motifs is 3. The van der Waals surface area contributed by atoms with Crippen molar-refractivity contribution >= 4 is 28.5 Å². The van der Waals surface area contributed by atoms with Crippen LogP contribution in [0.25, 0.3) is 10.9 Å². The summed E-state index contributed by atoms with van der Waals surface area (Å²) in [5.41, 5.74) is 2.90. The molecule has 0 fully saturated rings. The van der Waals surface area contributed by atoms with Gasteiger partial charge in [-0.2, -0.15) is 13.2 Å². The summed E-state index contributed by atoms with van der Waals surface area (Å²) in [6.07, 6.45) is -3.08. The molecular formula is C23H17ClF4N4. The highest BCUT2D eigenvalue weighted by atomic mass is 35.5. The molecule has 0 aliphatic carbocycles. The third-order valence-electron chi connectivity index (χ3n) is 5.76. The maximum absolute atomic E-state index is 14.9. The average Bonchev–Trinajstić information content (AvgIpc) is 3.15. The summed E-state index contributed by atoms with van der Waals surface area (Å²) in [6.45, 7) is 2.26. The van der Waals surface area contributed by atoms with Crippen LogP contribution in [-0.2, 0) is 12.6 Å². The minimum atomic E-state index is -4.58. The van der Waals surface area contributed by atoms with Crippen molar-refractivity contribution in [2.75, 3.05) is 11.4 Å². The second-order valence-electron chi connectivity index (χ2n) is 7.80. The number of anilines is 1. The highest BCUT2D eigenvalue weighted by molar-refractivity contribution is 6.31. The van der Waals surface area contributed by atoms with Gasteiger partial charge in [-0.05, 0) is 42.7 Å². The Hall–Kier alpha value is -3.13. The molecule has 0 radical (unpaired) electrons. The number of hydrogen-bond acceptors (Lipinski definition) is 3. The summed E-state index contributed by atoms with van der Waals surface area (Å²) in [7, 11) is 0. The third-order valence-corrected chi connectivity index (χ3v) is 6.05. The van der Waals surface area contributed by atoms with Crippen molar-refractivity contribution < 1.29 is 17.6 Å². The molecule has 0 saturated heterocycles. The van der Waals surface area contributed by atoms with Gasteiger partial charge in [0.2, 0.25) is 5.95 Å². The molecule has 3 heterocycles. The van der Waals surface area contributed by atoms with Gasteiger partial charge in [-0.15, -0.1) is 0 Å². The summed E-state index contributed by atoms with van der Waals surface area (Å²) >= 11 is 6.02. The second kappa shape index (κ2) is 7.48. The topological polar surface area (TPSA) is 44.8 Å². The van der Waals surface area contributed by atoms with Crippen molar-refractivity contribution in [3.05, 3.63) is 87.6 Å². The fourth-order valence-electron chi connectivity index (χ4n) is 4.27. The van der Waals surface area contributed by atoms with Crippen LogP contribution < -0.4 is 4.90 Å². The Bertz CT molecular complexity index is 1310. The van der Waals surface area contributed by atoms with Crippen LogP contribution in [0, 0.1) is 12.7 Å². The summed E-state index contributed by atoms with van der Waals surface area (Å²) in [5.74, 6) is -0.540. The van der Waals surface area contributed by atoms with E-state index in [1.165, 1.54) is 6.07 Å². The highest BCUT2D eigenvalue weighted by Crippen LogP contribution is 2.42. The van der Waals surface area contributed by atoms with Gasteiger partial charge in [-0.1, -0.05) is 41.4 Å². The zero-order valence-corrected chi connectivity index (χ0v) is 17.6. The molecule has 32 heavy (non-hydrogen) atoms. The molecule has 1 atom stereocenters. The highest BCUT2D eigenvalue weighted by Gasteiger charge is 2.37.